The number of aromatic nitrogens is 2. The summed E-state index contributed by atoms with van der Waals surface area (Å²) in [5.74, 6) is -2.44. The van der Waals surface area contributed by atoms with Crippen LogP contribution in [0.25, 0.3) is 18.2 Å². The molecule has 0 spiro atoms. The highest BCUT2D eigenvalue weighted by molar-refractivity contribution is 6.30. The number of allylic oxidation sites excluding steroid dienone is 3. The van der Waals surface area contributed by atoms with Crippen LogP contribution in [-0.2, 0) is 32.0 Å². The lowest BCUT2D eigenvalue weighted by atomic mass is 10.00. The van der Waals surface area contributed by atoms with Crippen molar-refractivity contribution in [2.45, 2.75) is 73.6 Å². The van der Waals surface area contributed by atoms with Gasteiger partial charge in [0.1, 0.15) is 0 Å². The van der Waals surface area contributed by atoms with Crippen molar-refractivity contribution >= 4 is 47.7 Å². The van der Waals surface area contributed by atoms with E-state index in [1.165, 1.54) is 0 Å². The molecule has 0 bridgehead atoms. The molecule has 0 unspecified atom stereocenters. The number of aromatic amines is 2. The van der Waals surface area contributed by atoms with Crippen LogP contribution < -0.4 is 16.0 Å². The van der Waals surface area contributed by atoms with Gasteiger partial charge in [-0.1, -0.05) is 13.0 Å². The molecule has 2 aromatic heterocycles. The molecule has 1 saturated heterocycles. The number of aliphatic carboxylic acids is 2. The minimum absolute atomic E-state index is 0.0721. The van der Waals surface area contributed by atoms with Crippen molar-refractivity contribution in [2.75, 3.05) is 0 Å². The number of aliphatic imine (C=N–C) groups is 1. The van der Waals surface area contributed by atoms with Gasteiger partial charge in [0.15, 0.2) is 0 Å². The van der Waals surface area contributed by atoms with Crippen molar-refractivity contribution in [1.82, 2.24) is 15.3 Å². The molecule has 0 saturated carbocycles. The summed E-state index contributed by atoms with van der Waals surface area (Å²) < 4.78 is 0. The highest BCUT2D eigenvalue weighted by Crippen LogP contribution is 2.29. The number of carbonyl (C=O) groups excluding carboxylic acids is 2. The Kier molecular flexibility index (Phi) is 9.18. The van der Waals surface area contributed by atoms with E-state index < -0.39 is 11.9 Å². The number of hydrogen-bond acceptors (Lipinski definition) is 4. The van der Waals surface area contributed by atoms with Crippen LogP contribution in [0.3, 0.4) is 0 Å². The van der Waals surface area contributed by atoms with Gasteiger partial charge in [-0.25, -0.2) is 4.99 Å². The van der Waals surface area contributed by atoms with Crippen LogP contribution in [-0.4, -0.2) is 49.6 Å². The zero-order valence-corrected chi connectivity index (χ0v) is 25.4. The number of amides is 2. The fourth-order valence-electron chi connectivity index (χ4n) is 5.77. The fraction of sp³-hybridized carbons (Fsp3) is 0.364. The molecule has 0 radical (unpaired) electrons. The van der Waals surface area contributed by atoms with Crippen LogP contribution in [0.2, 0.25) is 0 Å². The number of H-pyrrole nitrogens is 2. The summed E-state index contributed by atoms with van der Waals surface area (Å²) in [4.78, 5) is 58.8. The maximum Gasteiger partial charge on any atom is 0.303 e. The van der Waals surface area contributed by atoms with Gasteiger partial charge in [0.25, 0.3) is 5.91 Å². The lowest BCUT2D eigenvalue weighted by Gasteiger charge is -2.03. The number of carboxylic acids is 2. The molecule has 2 aliphatic heterocycles. The minimum atomic E-state index is -0.923. The molecular weight excluding hydrogens is 548 g/mol. The Bertz CT molecular complexity index is 1780. The summed E-state index contributed by atoms with van der Waals surface area (Å²) in [6, 6.07) is 0. The highest BCUT2D eigenvalue weighted by atomic mass is 16.4. The molecule has 2 aliphatic rings. The molecule has 226 valence electrons. The Labute approximate surface area is 249 Å². The molecule has 10 nitrogen and oxygen atoms in total. The smallest absolute Gasteiger partial charge is 0.303 e. The summed E-state index contributed by atoms with van der Waals surface area (Å²) in [5.41, 5.74) is 8.40. The Morgan fingerprint density at radius 1 is 0.884 bits per heavy atom. The van der Waals surface area contributed by atoms with E-state index in [-0.39, 0.29) is 43.4 Å². The second-order valence-corrected chi connectivity index (χ2v) is 11.0. The SMILES string of the molecule is CC=C1/C(=C/c2[nH]c(/C=c3\[nH]c(=CC4=NC(=O)C(CC)=C4C)c(C)c3CCC(=O)O)c(CCC(=O)O)c2C)NC(=O)[C@@H]1C. The van der Waals surface area contributed by atoms with Gasteiger partial charge in [-0.15, -0.1) is 0 Å². The Morgan fingerprint density at radius 2 is 1.53 bits per heavy atom. The molecular formula is C33H38N4O6. The van der Waals surface area contributed by atoms with E-state index in [0.717, 1.165) is 39.1 Å². The third-order valence-corrected chi connectivity index (χ3v) is 8.35. The molecule has 0 aromatic carbocycles. The highest BCUT2D eigenvalue weighted by Gasteiger charge is 2.29. The number of nitrogens with zero attached hydrogens (tertiary/aromatic N) is 1. The molecule has 10 heteroatoms. The largest absolute Gasteiger partial charge is 0.481 e. The van der Waals surface area contributed by atoms with Gasteiger partial charge in [-0.05, 0) is 106 Å². The predicted molar refractivity (Wildman–Crippen MR) is 165 cm³/mol. The van der Waals surface area contributed by atoms with Gasteiger partial charge >= 0.3 is 11.9 Å². The Morgan fingerprint density at radius 3 is 2.12 bits per heavy atom. The van der Waals surface area contributed by atoms with Gasteiger partial charge in [0.2, 0.25) is 5.91 Å². The van der Waals surface area contributed by atoms with E-state index in [1.807, 2.05) is 65.8 Å². The molecule has 4 rings (SSSR count). The molecule has 1 fully saturated rings. The molecule has 43 heavy (non-hydrogen) atoms. The predicted octanol–water partition coefficient (Wildman–Crippen LogP) is 3.36. The molecule has 2 amide bonds. The first-order valence-electron chi connectivity index (χ1n) is 14.4. The van der Waals surface area contributed by atoms with Gasteiger partial charge in [-0.3, -0.25) is 19.2 Å². The lowest BCUT2D eigenvalue weighted by molar-refractivity contribution is -0.138. The molecule has 0 aliphatic carbocycles. The van der Waals surface area contributed by atoms with Crippen LogP contribution in [0.15, 0.2) is 33.5 Å². The standard InChI is InChI=1S/C33H38N4O6/c1-7-20-19(6)32(42)37-27(20)14-25-18(5)23(10-12-31(40)41)29(35-25)15-28-22(9-11-30(38)39)17(4)24(34-28)13-26-16(3)21(8-2)33(43)36-26/h7,13-15,19,34-35H,8-12H2,1-6H3,(H,37,42)(H,38,39)(H,40,41)/b20-7?,24-13?,27-14-,28-15-/t19-/m1/s1. The summed E-state index contributed by atoms with van der Waals surface area (Å²) in [6.45, 7) is 11.3. The molecule has 1 atom stereocenters. The number of carboxylic acid groups (broad SMARTS) is 2. The van der Waals surface area contributed by atoms with Crippen molar-refractivity contribution in [1.29, 1.82) is 0 Å². The van der Waals surface area contributed by atoms with Crippen molar-refractivity contribution in [2.24, 2.45) is 10.9 Å². The average molecular weight is 587 g/mol. The average Bonchev–Trinajstić information content (AvgIpc) is 3.59. The van der Waals surface area contributed by atoms with Crippen molar-refractivity contribution in [3.05, 3.63) is 72.8 Å². The van der Waals surface area contributed by atoms with E-state index in [1.54, 1.807) is 0 Å². The third kappa shape index (κ3) is 6.38. The van der Waals surface area contributed by atoms with E-state index >= 15 is 0 Å². The van der Waals surface area contributed by atoms with Gasteiger partial charge in [0, 0.05) is 46.2 Å². The van der Waals surface area contributed by atoms with E-state index in [0.29, 0.717) is 39.8 Å². The Balaban J connectivity index is 1.91. The van der Waals surface area contributed by atoms with Gasteiger partial charge in [0.05, 0.1) is 11.6 Å². The topological polar surface area (TPSA) is 165 Å². The normalized spacial score (nSPS) is 19.8. The number of hydrogen-bond donors (Lipinski definition) is 5. The minimum Gasteiger partial charge on any atom is -0.481 e. The van der Waals surface area contributed by atoms with Crippen LogP contribution in [0.4, 0.5) is 0 Å². The summed E-state index contributed by atoms with van der Waals surface area (Å²) >= 11 is 0. The fourth-order valence-corrected chi connectivity index (χ4v) is 5.77. The van der Waals surface area contributed by atoms with Crippen LogP contribution >= 0.6 is 0 Å². The van der Waals surface area contributed by atoms with Gasteiger partial charge in [-0.2, -0.15) is 0 Å². The second-order valence-electron chi connectivity index (χ2n) is 11.0. The van der Waals surface area contributed by atoms with E-state index in [4.69, 9.17) is 0 Å². The van der Waals surface area contributed by atoms with Crippen molar-refractivity contribution in [3.63, 3.8) is 0 Å². The summed E-state index contributed by atoms with van der Waals surface area (Å²) in [7, 11) is 0. The molecule has 4 heterocycles. The van der Waals surface area contributed by atoms with Gasteiger partial charge < -0.3 is 25.5 Å². The molecule has 2 aromatic rings. The van der Waals surface area contributed by atoms with E-state index in [2.05, 4.69) is 20.3 Å². The van der Waals surface area contributed by atoms with Crippen LogP contribution in [0.5, 0.6) is 0 Å². The zero-order chi connectivity index (χ0) is 31.6. The summed E-state index contributed by atoms with van der Waals surface area (Å²) in [5, 5.41) is 23.2. The first-order chi connectivity index (χ1) is 20.4. The third-order valence-electron chi connectivity index (χ3n) is 8.35. The van der Waals surface area contributed by atoms with Crippen LogP contribution in [0.1, 0.15) is 80.6 Å². The maximum atomic E-state index is 12.3. The zero-order valence-electron chi connectivity index (χ0n) is 25.4. The van der Waals surface area contributed by atoms with Crippen molar-refractivity contribution in [3.8, 4) is 0 Å². The van der Waals surface area contributed by atoms with Crippen molar-refractivity contribution < 1.29 is 29.4 Å². The quantitative estimate of drug-likeness (QED) is 0.286. The van der Waals surface area contributed by atoms with Crippen LogP contribution in [0, 0.1) is 19.8 Å². The molecule has 5 N–H and O–H groups in total. The first-order valence-corrected chi connectivity index (χ1v) is 14.4. The van der Waals surface area contributed by atoms with E-state index in [9.17, 15) is 29.4 Å². The number of rotatable bonds is 10. The Hall–Kier alpha value is -4.73. The number of nitrogens with one attached hydrogen (secondary N) is 3. The first kappa shape index (κ1) is 31.2. The number of carbonyl (C=O) groups is 4. The summed E-state index contributed by atoms with van der Waals surface area (Å²) in [6.07, 6.45) is 8.45. The monoisotopic (exact) mass is 586 g/mol. The second kappa shape index (κ2) is 12.6. The maximum absolute atomic E-state index is 12.3. The lowest BCUT2D eigenvalue weighted by Crippen LogP contribution is -2.16.